The molecule has 7 heteroatoms. The standard InChI is InChI=1S/C15H22N2O5/c1-4-22-14(20)12(7-9(2)3)17-15(21)16-11-6-5-10(18)8-13(11)19/h5-6,8-9,12,18-19H,4,7H2,1-3H3,(H2,16,17,21). The normalized spacial score (nSPS) is 11.8. The fourth-order valence-electron chi connectivity index (χ4n) is 1.87. The molecule has 0 fully saturated rings. The smallest absolute Gasteiger partial charge is 0.328 e. The molecule has 0 saturated heterocycles. The van der Waals surface area contributed by atoms with Crippen LogP contribution in [0.15, 0.2) is 18.2 Å². The predicted molar refractivity (Wildman–Crippen MR) is 81.8 cm³/mol. The van der Waals surface area contributed by atoms with Gasteiger partial charge in [0.1, 0.15) is 17.5 Å². The summed E-state index contributed by atoms with van der Waals surface area (Å²) in [6.45, 7) is 5.78. The quantitative estimate of drug-likeness (QED) is 0.366. The van der Waals surface area contributed by atoms with Gasteiger partial charge >= 0.3 is 12.0 Å². The summed E-state index contributed by atoms with van der Waals surface area (Å²) in [6, 6.07) is 2.38. The van der Waals surface area contributed by atoms with Gasteiger partial charge in [-0.25, -0.2) is 9.59 Å². The van der Waals surface area contributed by atoms with Crippen LogP contribution in [0.1, 0.15) is 27.2 Å². The first-order valence-corrected chi connectivity index (χ1v) is 7.09. The number of nitrogens with one attached hydrogen (secondary N) is 2. The monoisotopic (exact) mass is 310 g/mol. The predicted octanol–water partition coefficient (Wildman–Crippen LogP) is 2.20. The highest BCUT2D eigenvalue weighted by Gasteiger charge is 2.23. The van der Waals surface area contributed by atoms with Crippen LogP contribution in [0.4, 0.5) is 10.5 Å². The first-order valence-electron chi connectivity index (χ1n) is 7.09. The molecule has 7 nitrogen and oxygen atoms in total. The lowest BCUT2D eigenvalue weighted by atomic mass is 10.0. The highest BCUT2D eigenvalue weighted by atomic mass is 16.5. The number of urea groups is 1. The minimum atomic E-state index is -0.765. The summed E-state index contributed by atoms with van der Waals surface area (Å²) in [4.78, 5) is 23.8. The second-order valence-corrected chi connectivity index (χ2v) is 5.23. The number of rotatable bonds is 6. The summed E-state index contributed by atoms with van der Waals surface area (Å²) in [6.07, 6.45) is 0.438. The molecule has 22 heavy (non-hydrogen) atoms. The number of carbonyl (C=O) groups excluding carboxylic acids is 2. The average molecular weight is 310 g/mol. The van der Waals surface area contributed by atoms with Crippen LogP contribution in [-0.4, -0.2) is 34.9 Å². The van der Waals surface area contributed by atoms with Crippen LogP contribution >= 0.6 is 0 Å². The first kappa shape index (κ1) is 17.6. The number of anilines is 1. The number of aromatic hydroxyl groups is 2. The van der Waals surface area contributed by atoms with E-state index in [2.05, 4.69) is 10.6 Å². The van der Waals surface area contributed by atoms with Gasteiger partial charge in [0, 0.05) is 6.07 Å². The molecule has 2 amide bonds. The molecule has 4 N–H and O–H groups in total. The number of benzene rings is 1. The van der Waals surface area contributed by atoms with Crippen LogP contribution in [0.3, 0.4) is 0 Å². The zero-order valence-corrected chi connectivity index (χ0v) is 12.9. The fourth-order valence-corrected chi connectivity index (χ4v) is 1.87. The fraction of sp³-hybridized carbons (Fsp3) is 0.467. The van der Waals surface area contributed by atoms with Gasteiger partial charge in [-0.3, -0.25) is 0 Å². The zero-order chi connectivity index (χ0) is 16.7. The summed E-state index contributed by atoms with van der Waals surface area (Å²) in [7, 11) is 0. The Balaban J connectivity index is 2.71. The molecule has 0 heterocycles. The van der Waals surface area contributed by atoms with Crippen molar-refractivity contribution in [2.24, 2.45) is 5.92 Å². The second-order valence-electron chi connectivity index (χ2n) is 5.23. The van der Waals surface area contributed by atoms with Crippen molar-refractivity contribution < 1.29 is 24.5 Å². The molecule has 1 atom stereocenters. The molecule has 1 rings (SSSR count). The SMILES string of the molecule is CCOC(=O)C(CC(C)C)NC(=O)Nc1ccc(O)cc1O. The minimum Gasteiger partial charge on any atom is -0.508 e. The third-order valence-corrected chi connectivity index (χ3v) is 2.81. The molecule has 122 valence electrons. The van der Waals surface area contributed by atoms with Gasteiger partial charge in [-0.05, 0) is 31.4 Å². The molecule has 0 bridgehead atoms. The number of hydrogen-bond acceptors (Lipinski definition) is 5. The number of phenolic OH excluding ortho intramolecular Hbond substituents is 2. The maximum Gasteiger partial charge on any atom is 0.328 e. The van der Waals surface area contributed by atoms with Crippen molar-refractivity contribution in [3.8, 4) is 11.5 Å². The van der Waals surface area contributed by atoms with Gasteiger partial charge in [0.15, 0.2) is 0 Å². The van der Waals surface area contributed by atoms with Crippen LogP contribution < -0.4 is 10.6 Å². The van der Waals surface area contributed by atoms with Gasteiger partial charge in [0.05, 0.1) is 12.3 Å². The van der Waals surface area contributed by atoms with Crippen LogP contribution in [0.5, 0.6) is 11.5 Å². The molecule has 0 aliphatic heterocycles. The van der Waals surface area contributed by atoms with Crippen LogP contribution in [-0.2, 0) is 9.53 Å². The number of carbonyl (C=O) groups is 2. The van der Waals surface area contributed by atoms with Crippen LogP contribution in [0, 0.1) is 5.92 Å². The molecule has 0 spiro atoms. The lowest BCUT2D eigenvalue weighted by molar-refractivity contribution is -0.145. The number of hydrogen-bond donors (Lipinski definition) is 4. The van der Waals surface area contributed by atoms with Gasteiger partial charge < -0.3 is 25.6 Å². The Hall–Kier alpha value is -2.44. The van der Waals surface area contributed by atoms with Crippen molar-refractivity contribution in [3.63, 3.8) is 0 Å². The molecule has 1 unspecified atom stereocenters. The van der Waals surface area contributed by atoms with E-state index in [9.17, 15) is 19.8 Å². The Kier molecular flexibility index (Phi) is 6.49. The van der Waals surface area contributed by atoms with Crippen molar-refractivity contribution in [2.75, 3.05) is 11.9 Å². The maximum atomic E-state index is 11.9. The number of ether oxygens (including phenoxy) is 1. The van der Waals surface area contributed by atoms with Crippen molar-refractivity contribution in [1.29, 1.82) is 0 Å². The van der Waals surface area contributed by atoms with E-state index < -0.39 is 18.0 Å². The summed E-state index contributed by atoms with van der Waals surface area (Å²) in [5.41, 5.74) is 0.127. The van der Waals surface area contributed by atoms with Crippen molar-refractivity contribution in [1.82, 2.24) is 5.32 Å². The maximum absolute atomic E-state index is 11.9. The molecule has 0 saturated carbocycles. The highest BCUT2D eigenvalue weighted by molar-refractivity contribution is 5.93. The molecule has 0 aliphatic rings. The van der Waals surface area contributed by atoms with Gasteiger partial charge in [-0.1, -0.05) is 13.8 Å². The van der Waals surface area contributed by atoms with Crippen LogP contribution in [0.25, 0.3) is 0 Å². The van der Waals surface area contributed by atoms with Crippen molar-refractivity contribution >= 4 is 17.7 Å². The molecule has 0 aromatic heterocycles. The summed E-state index contributed by atoms with van der Waals surface area (Å²) in [5, 5.41) is 23.8. The van der Waals surface area contributed by atoms with Crippen LogP contribution in [0.2, 0.25) is 0 Å². The lowest BCUT2D eigenvalue weighted by Crippen LogP contribution is -2.44. The Morgan fingerprint density at radius 1 is 1.27 bits per heavy atom. The number of amides is 2. The Labute approximate surface area is 129 Å². The molecule has 1 aromatic rings. The van der Waals surface area contributed by atoms with E-state index in [1.54, 1.807) is 6.92 Å². The van der Waals surface area contributed by atoms with Gasteiger partial charge in [-0.2, -0.15) is 0 Å². The van der Waals surface area contributed by atoms with E-state index in [0.29, 0.717) is 6.42 Å². The van der Waals surface area contributed by atoms with Crippen molar-refractivity contribution in [3.05, 3.63) is 18.2 Å². The second kappa shape index (κ2) is 8.11. The van der Waals surface area contributed by atoms with E-state index in [1.165, 1.54) is 12.1 Å². The molecular formula is C15H22N2O5. The topological polar surface area (TPSA) is 108 Å². The summed E-state index contributed by atoms with van der Waals surface area (Å²) < 4.78 is 4.93. The third-order valence-electron chi connectivity index (χ3n) is 2.81. The lowest BCUT2D eigenvalue weighted by Gasteiger charge is -2.19. The number of esters is 1. The van der Waals surface area contributed by atoms with E-state index in [0.717, 1.165) is 6.07 Å². The van der Waals surface area contributed by atoms with Gasteiger partial charge in [0.2, 0.25) is 0 Å². The Bertz CT molecular complexity index is 531. The third kappa shape index (κ3) is 5.51. The minimum absolute atomic E-state index is 0.118. The summed E-state index contributed by atoms with van der Waals surface area (Å²) >= 11 is 0. The van der Waals surface area contributed by atoms with Gasteiger partial charge in [-0.15, -0.1) is 0 Å². The molecular weight excluding hydrogens is 288 g/mol. The molecule has 1 aromatic carbocycles. The molecule has 0 radical (unpaired) electrons. The van der Waals surface area contributed by atoms with Crippen molar-refractivity contribution in [2.45, 2.75) is 33.2 Å². The number of phenols is 2. The largest absolute Gasteiger partial charge is 0.508 e. The van der Waals surface area contributed by atoms with Gasteiger partial charge in [0.25, 0.3) is 0 Å². The van der Waals surface area contributed by atoms with E-state index >= 15 is 0 Å². The summed E-state index contributed by atoms with van der Waals surface area (Å²) in [5.74, 6) is -0.697. The van der Waals surface area contributed by atoms with E-state index in [-0.39, 0.29) is 29.7 Å². The first-order chi connectivity index (χ1) is 10.3. The van der Waals surface area contributed by atoms with E-state index in [4.69, 9.17) is 4.74 Å². The Morgan fingerprint density at radius 2 is 1.95 bits per heavy atom. The molecule has 0 aliphatic carbocycles. The Morgan fingerprint density at radius 3 is 2.50 bits per heavy atom. The average Bonchev–Trinajstić information content (AvgIpc) is 2.41. The highest BCUT2D eigenvalue weighted by Crippen LogP contribution is 2.27. The van der Waals surface area contributed by atoms with E-state index in [1.807, 2.05) is 13.8 Å². The zero-order valence-electron chi connectivity index (χ0n) is 12.9.